The predicted molar refractivity (Wildman–Crippen MR) is 113 cm³/mol. The zero-order chi connectivity index (χ0) is 20.1. The lowest BCUT2D eigenvalue weighted by molar-refractivity contribution is -0.126. The summed E-state index contributed by atoms with van der Waals surface area (Å²) in [4.78, 5) is 13.0. The fourth-order valence-corrected chi connectivity index (χ4v) is 3.94. The first-order valence-corrected chi connectivity index (χ1v) is 10.4. The molecule has 28 heavy (non-hydrogen) atoms. The van der Waals surface area contributed by atoms with Gasteiger partial charge < -0.3 is 14.8 Å². The fourth-order valence-electron chi connectivity index (χ4n) is 3.94. The van der Waals surface area contributed by atoms with Gasteiger partial charge in [0.2, 0.25) is 12.7 Å². The van der Waals surface area contributed by atoms with Crippen molar-refractivity contribution in [3.05, 3.63) is 47.1 Å². The second-order valence-corrected chi connectivity index (χ2v) is 8.59. The molecule has 4 heteroatoms. The maximum absolute atomic E-state index is 13.0. The minimum Gasteiger partial charge on any atom is -0.454 e. The Morgan fingerprint density at radius 2 is 2.04 bits per heavy atom. The zero-order valence-corrected chi connectivity index (χ0v) is 17.6. The van der Waals surface area contributed by atoms with Gasteiger partial charge in [0.1, 0.15) is 0 Å². The molecule has 4 nitrogen and oxygen atoms in total. The van der Waals surface area contributed by atoms with Gasteiger partial charge in [0.05, 0.1) is 0 Å². The third-order valence-corrected chi connectivity index (χ3v) is 5.49. The first-order valence-electron chi connectivity index (χ1n) is 10.4. The second kappa shape index (κ2) is 9.31. The van der Waals surface area contributed by atoms with E-state index in [-0.39, 0.29) is 24.5 Å². The Bertz CT molecular complexity index is 759. The van der Waals surface area contributed by atoms with Crippen LogP contribution in [0.25, 0.3) is 0 Å². The van der Waals surface area contributed by atoms with E-state index in [0.29, 0.717) is 5.92 Å². The van der Waals surface area contributed by atoms with Crippen LogP contribution >= 0.6 is 0 Å². The Balaban J connectivity index is 1.78. The molecule has 0 fully saturated rings. The smallest absolute Gasteiger partial charge is 0.231 e. The van der Waals surface area contributed by atoms with E-state index in [1.807, 2.05) is 6.07 Å². The van der Waals surface area contributed by atoms with Gasteiger partial charge in [-0.3, -0.25) is 4.79 Å². The highest BCUT2D eigenvalue weighted by Crippen LogP contribution is 2.42. The van der Waals surface area contributed by atoms with Crippen molar-refractivity contribution in [1.82, 2.24) is 5.32 Å². The summed E-state index contributed by atoms with van der Waals surface area (Å²) in [6.07, 6.45) is 8.43. The van der Waals surface area contributed by atoms with Crippen molar-refractivity contribution in [3.8, 4) is 11.5 Å². The average Bonchev–Trinajstić information content (AvgIpc) is 3.13. The van der Waals surface area contributed by atoms with Gasteiger partial charge in [-0.2, -0.15) is 0 Å². The van der Waals surface area contributed by atoms with Crippen LogP contribution in [0.3, 0.4) is 0 Å². The first-order chi connectivity index (χ1) is 13.4. The van der Waals surface area contributed by atoms with E-state index >= 15 is 0 Å². The van der Waals surface area contributed by atoms with Crippen LogP contribution in [0.2, 0.25) is 0 Å². The van der Waals surface area contributed by atoms with Crippen LogP contribution in [0, 0.1) is 11.8 Å². The molecule has 0 radical (unpaired) electrons. The van der Waals surface area contributed by atoms with Gasteiger partial charge in [-0.1, -0.05) is 43.2 Å². The molecule has 1 N–H and O–H groups in total. The maximum Gasteiger partial charge on any atom is 0.231 e. The lowest BCUT2D eigenvalue weighted by atomic mass is 9.74. The molecule has 1 heterocycles. The van der Waals surface area contributed by atoms with Crippen LogP contribution in [0.15, 0.2) is 41.5 Å². The lowest BCUT2D eigenvalue weighted by Crippen LogP contribution is -2.37. The molecule has 2 aliphatic rings. The van der Waals surface area contributed by atoms with Crippen LogP contribution in [0.5, 0.6) is 11.5 Å². The van der Waals surface area contributed by atoms with Crippen molar-refractivity contribution < 1.29 is 14.3 Å². The van der Waals surface area contributed by atoms with Gasteiger partial charge in [-0.15, -0.1) is 0 Å². The number of allylic oxidation sites excluding steroid dienone is 4. The number of carbonyl (C=O) groups excluding carboxylic acids is 1. The van der Waals surface area contributed by atoms with Gasteiger partial charge in [0.25, 0.3) is 0 Å². The molecule has 0 saturated carbocycles. The van der Waals surface area contributed by atoms with Gasteiger partial charge >= 0.3 is 0 Å². The molecule has 3 rings (SSSR count). The molecule has 0 unspecified atom stereocenters. The molecule has 152 valence electrons. The predicted octanol–water partition coefficient (Wildman–Crippen LogP) is 5.35. The van der Waals surface area contributed by atoms with Crippen molar-refractivity contribution in [2.24, 2.45) is 11.8 Å². The van der Waals surface area contributed by atoms with Crippen molar-refractivity contribution >= 4 is 5.91 Å². The molecular weight excluding hydrogens is 350 g/mol. The first kappa shape index (κ1) is 20.5. The zero-order valence-electron chi connectivity index (χ0n) is 17.6. The molecule has 1 aromatic rings. The van der Waals surface area contributed by atoms with Gasteiger partial charge in [0.15, 0.2) is 11.5 Å². The summed E-state index contributed by atoms with van der Waals surface area (Å²) in [7, 11) is 0. The highest BCUT2D eigenvalue weighted by atomic mass is 16.7. The van der Waals surface area contributed by atoms with Gasteiger partial charge in [-0.25, -0.2) is 0 Å². The Morgan fingerprint density at radius 3 is 2.79 bits per heavy atom. The summed E-state index contributed by atoms with van der Waals surface area (Å²) in [5.74, 6) is 2.34. The van der Waals surface area contributed by atoms with E-state index in [0.717, 1.165) is 49.3 Å². The summed E-state index contributed by atoms with van der Waals surface area (Å²) in [5, 5.41) is 3.16. The van der Waals surface area contributed by atoms with E-state index in [9.17, 15) is 4.79 Å². The Hall–Kier alpha value is -2.23. The van der Waals surface area contributed by atoms with E-state index < -0.39 is 0 Å². The van der Waals surface area contributed by atoms with Crippen LogP contribution < -0.4 is 14.8 Å². The number of ether oxygens (including phenoxy) is 2. The SMILES string of the molecule is CC(C)=CCCC1=CC[C@H](c2ccc3c(c2)OCO3)[C@@H](C(=O)NCC(C)C)C1. The number of hydrogen-bond donors (Lipinski definition) is 1. The number of rotatable bonds is 7. The molecule has 1 aromatic carbocycles. The van der Waals surface area contributed by atoms with E-state index in [1.165, 1.54) is 11.1 Å². The average molecular weight is 384 g/mol. The largest absolute Gasteiger partial charge is 0.454 e. The summed E-state index contributed by atoms with van der Waals surface area (Å²) >= 11 is 0. The second-order valence-electron chi connectivity index (χ2n) is 8.59. The van der Waals surface area contributed by atoms with Crippen molar-refractivity contribution in [2.75, 3.05) is 13.3 Å². The number of hydrogen-bond acceptors (Lipinski definition) is 3. The molecule has 0 bridgehead atoms. The molecular formula is C24H33NO3. The lowest BCUT2D eigenvalue weighted by Gasteiger charge is -2.31. The normalized spacial score (nSPS) is 20.7. The molecule has 0 spiro atoms. The minimum absolute atomic E-state index is 0.0363. The quantitative estimate of drug-likeness (QED) is 0.645. The van der Waals surface area contributed by atoms with E-state index in [4.69, 9.17) is 9.47 Å². The number of carbonyl (C=O) groups is 1. The van der Waals surface area contributed by atoms with Gasteiger partial charge in [-0.05, 0) is 69.1 Å². The number of nitrogens with one attached hydrogen (secondary N) is 1. The Kier molecular flexibility index (Phi) is 6.82. The Morgan fingerprint density at radius 1 is 1.25 bits per heavy atom. The molecule has 1 aliphatic carbocycles. The number of benzene rings is 1. The van der Waals surface area contributed by atoms with Crippen LogP contribution in [-0.4, -0.2) is 19.2 Å². The molecule has 0 saturated heterocycles. The summed E-state index contributed by atoms with van der Waals surface area (Å²) in [6.45, 7) is 9.51. The maximum atomic E-state index is 13.0. The van der Waals surface area contributed by atoms with Gasteiger partial charge in [0, 0.05) is 12.5 Å². The van der Waals surface area contributed by atoms with Crippen molar-refractivity contribution in [1.29, 1.82) is 0 Å². The minimum atomic E-state index is -0.0363. The van der Waals surface area contributed by atoms with Crippen molar-refractivity contribution in [3.63, 3.8) is 0 Å². The standard InChI is InChI=1S/C24H33NO3/c1-16(2)6-5-7-18-8-10-20(21(12-18)24(26)25-14-17(3)4)19-9-11-22-23(13-19)28-15-27-22/h6,8-9,11,13,17,20-21H,5,7,10,12,14-15H2,1-4H3,(H,25,26)/t20-,21+/m1/s1. The monoisotopic (exact) mass is 383 g/mol. The molecule has 1 amide bonds. The van der Waals surface area contributed by atoms with Crippen molar-refractivity contribution in [2.45, 2.75) is 59.3 Å². The number of fused-ring (bicyclic) bond motifs is 1. The van der Waals surface area contributed by atoms with Crippen LogP contribution in [-0.2, 0) is 4.79 Å². The fraction of sp³-hybridized carbons (Fsp3) is 0.542. The highest BCUT2D eigenvalue weighted by molar-refractivity contribution is 5.80. The topological polar surface area (TPSA) is 47.6 Å². The third kappa shape index (κ3) is 5.18. The summed E-state index contributed by atoms with van der Waals surface area (Å²) in [6, 6.07) is 6.11. The van der Waals surface area contributed by atoms with E-state index in [1.54, 1.807) is 0 Å². The summed E-state index contributed by atoms with van der Waals surface area (Å²) < 4.78 is 11.0. The molecule has 2 atom stereocenters. The molecule has 0 aromatic heterocycles. The van der Waals surface area contributed by atoms with Crippen LogP contribution in [0.1, 0.15) is 64.9 Å². The highest BCUT2D eigenvalue weighted by Gasteiger charge is 2.33. The van der Waals surface area contributed by atoms with E-state index in [2.05, 4.69) is 57.3 Å². The summed E-state index contributed by atoms with van der Waals surface area (Å²) in [5.41, 5.74) is 3.91. The van der Waals surface area contributed by atoms with Crippen LogP contribution in [0.4, 0.5) is 0 Å². The molecule has 1 aliphatic heterocycles. The Labute approximate surface area is 169 Å². The third-order valence-electron chi connectivity index (χ3n) is 5.49. The number of amides is 1.